The maximum absolute atomic E-state index is 12.7. The smallest absolute Gasteiger partial charge is 0.341 e. The zero-order chi connectivity index (χ0) is 21.1. The number of benzene rings is 1. The summed E-state index contributed by atoms with van der Waals surface area (Å²) in [6.45, 7) is 9.77. The molecule has 1 aliphatic heterocycles. The Kier molecular flexibility index (Phi) is 6.72. The summed E-state index contributed by atoms with van der Waals surface area (Å²) < 4.78 is 10.7. The Hall–Kier alpha value is -2.22. The molecule has 2 atom stereocenters. The molecule has 1 aromatic heterocycles. The first-order valence-electron chi connectivity index (χ1n) is 9.73. The number of nitrogens with one attached hydrogen (secondary N) is 1. The lowest BCUT2D eigenvalue weighted by atomic mass is 9.99. The Balaban J connectivity index is 1.82. The van der Waals surface area contributed by atoms with E-state index in [-0.39, 0.29) is 24.7 Å². The van der Waals surface area contributed by atoms with Crippen LogP contribution in [0.1, 0.15) is 35.3 Å². The number of hydrogen-bond acceptors (Lipinski definition) is 6. The summed E-state index contributed by atoms with van der Waals surface area (Å²) in [5.41, 5.74) is 4.43. The van der Waals surface area contributed by atoms with E-state index in [9.17, 15) is 9.59 Å². The van der Waals surface area contributed by atoms with Crippen LogP contribution >= 0.6 is 11.3 Å². The second-order valence-corrected chi connectivity index (χ2v) is 8.52. The van der Waals surface area contributed by atoms with Crippen molar-refractivity contribution in [2.45, 2.75) is 39.9 Å². The van der Waals surface area contributed by atoms with E-state index in [0.29, 0.717) is 23.7 Å². The van der Waals surface area contributed by atoms with E-state index < -0.39 is 5.97 Å². The lowest BCUT2D eigenvalue weighted by Gasteiger charge is -2.34. The van der Waals surface area contributed by atoms with Crippen LogP contribution in [0.15, 0.2) is 23.6 Å². The average molecular weight is 417 g/mol. The Morgan fingerprint density at radius 3 is 2.52 bits per heavy atom. The number of methoxy groups -OCH3 is 1. The normalized spacial score (nSPS) is 19.8. The molecule has 2 unspecified atom stereocenters. The topological polar surface area (TPSA) is 67.9 Å². The maximum atomic E-state index is 12.7. The number of aryl methyl sites for hydroxylation is 2. The van der Waals surface area contributed by atoms with Crippen LogP contribution in [0.25, 0.3) is 11.1 Å². The van der Waals surface area contributed by atoms with E-state index in [1.165, 1.54) is 24.0 Å². The molecule has 1 aromatic carbocycles. The molecule has 2 aromatic rings. The average Bonchev–Trinajstić information content (AvgIpc) is 3.05. The lowest BCUT2D eigenvalue weighted by molar-refractivity contribution is -0.121. The van der Waals surface area contributed by atoms with Gasteiger partial charge in [0.25, 0.3) is 0 Å². The third-order valence-corrected chi connectivity index (χ3v) is 6.01. The van der Waals surface area contributed by atoms with Gasteiger partial charge in [-0.15, -0.1) is 11.3 Å². The Bertz CT molecular complexity index is 898. The number of ether oxygens (including phenoxy) is 2. The first kappa shape index (κ1) is 21.5. The molecule has 156 valence electrons. The van der Waals surface area contributed by atoms with E-state index in [1.807, 2.05) is 51.3 Å². The fourth-order valence-corrected chi connectivity index (χ4v) is 4.63. The van der Waals surface area contributed by atoms with Crippen LogP contribution in [0.4, 0.5) is 5.00 Å². The zero-order valence-corrected chi connectivity index (χ0v) is 18.4. The predicted octanol–water partition coefficient (Wildman–Crippen LogP) is 3.87. The first-order valence-corrected chi connectivity index (χ1v) is 10.6. The van der Waals surface area contributed by atoms with E-state index >= 15 is 0 Å². The van der Waals surface area contributed by atoms with Crippen molar-refractivity contribution < 1.29 is 19.1 Å². The van der Waals surface area contributed by atoms with Gasteiger partial charge in [0.05, 0.1) is 25.9 Å². The largest absolute Gasteiger partial charge is 0.465 e. The number of esters is 1. The first-order chi connectivity index (χ1) is 13.8. The second-order valence-electron chi connectivity index (χ2n) is 7.64. The van der Waals surface area contributed by atoms with E-state index in [0.717, 1.165) is 16.7 Å². The molecular weight excluding hydrogens is 388 g/mol. The third kappa shape index (κ3) is 5.04. The van der Waals surface area contributed by atoms with Gasteiger partial charge in [-0.05, 0) is 44.4 Å². The lowest BCUT2D eigenvalue weighted by Crippen LogP contribution is -2.48. The van der Waals surface area contributed by atoms with Gasteiger partial charge in [-0.25, -0.2) is 4.79 Å². The summed E-state index contributed by atoms with van der Waals surface area (Å²) in [5.74, 6) is -0.603. The van der Waals surface area contributed by atoms with E-state index in [4.69, 9.17) is 9.47 Å². The van der Waals surface area contributed by atoms with Gasteiger partial charge in [0, 0.05) is 24.0 Å². The van der Waals surface area contributed by atoms with Crippen LogP contribution in [0, 0.1) is 13.8 Å². The second kappa shape index (κ2) is 9.07. The quantitative estimate of drug-likeness (QED) is 0.750. The third-order valence-electron chi connectivity index (χ3n) is 5.11. The highest BCUT2D eigenvalue weighted by Crippen LogP contribution is 2.36. The van der Waals surface area contributed by atoms with Crippen molar-refractivity contribution in [3.8, 4) is 11.1 Å². The highest BCUT2D eigenvalue weighted by molar-refractivity contribution is 7.15. The van der Waals surface area contributed by atoms with Crippen LogP contribution < -0.4 is 5.32 Å². The molecule has 1 amide bonds. The minimum atomic E-state index is -0.455. The molecule has 0 radical (unpaired) electrons. The minimum Gasteiger partial charge on any atom is -0.465 e. The number of thiophene rings is 1. The fourth-order valence-electron chi connectivity index (χ4n) is 3.66. The summed E-state index contributed by atoms with van der Waals surface area (Å²) in [5, 5.41) is 5.33. The molecule has 0 saturated carbocycles. The summed E-state index contributed by atoms with van der Waals surface area (Å²) in [4.78, 5) is 27.2. The van der Waals surface area contributed by atoms with Gasteiger partial charge < -0.3 is 14.8 Å². The number of hydrogen-bond donors (Lipinski definition) is 1. The van der Waals surface area contributed by atoms with Gasteiger partial charge in [-0.1, -0.05) is 18.2 Å². The van der Waals surface area contributed by atoms with Crippen LogP contribution in [0.5, 0.6) is 0 Å². The number of nitrogens with zero attached hydrogens (tertiary/aromatic N) is 1. The van der Waals surface area contributed by atoms with Crippen LogP contribution in [-0.4, -0.2) is 55.7 Å². The summed E-state index contributed by atoms with van der Waals surface area (Å²) >= 11 is 1.34. The summed E-state index contributed by atoms with van der Waals surface area (Å²) in [6, 6.07) is 6.06. The van der Waals surface area contributed by atoms with Crippen molar-refractivity contribution in [1.82, 2.24) is 4.90 Å². The Morgan fingerprint density at radius 1 is 1.21 bits per heavy atom. The highest BCUT2D eigenvalue weighted by Gasteiger charge is 2.26. The molecular formula is C22H28N2O4S. The van der Waals surface area contributed by atoms with E-state index in [2.05, 4.69) is 10.2 Å². The molecule has 29 heavy (non-hydrogen) atoms. The molecule has 2 heterocycles. The van der Waals surface area contributed by atoms with Gasteiger partial charge in [0.15, 0.2) is 0 Å². The fraction of sp³-hybridized carbons (Fsp3) is 0.455. The zero-order valence-electron chi connectivity index (χ0n) is 17.6. The predicted molar refractivity (Wildman–Crippen MR) is 116 cm³/mol. The number of carbonyl (C=O) groups excluding carboxylic acids is 2. The maximum Gasteiger partial charge on any atom is 0.341 e. The molecule has 3 rings (SSSR count). The van der Waals surface area contributed by atoms with Crippen molar-refractivity contribution in [3.63, 3.8) is 0 Å². The SMILES string of the molecule is COC(=O)c1c(-c2ccc(C)c(C)c2)csc1NC(=O)CN1CC(C)OC(C)C1. The number of morpholine rings is 1. The molecule has 0 spiro atoms. The molecule has 7 heteroatoms. The number of carbonyl (C=O) groups is 2. The summed E-state index contributed by atoms with van der Waals surface area (Å²) in [7, 11) is 1.35. The van der Waals surface area contributed by atoms with Crippen molar-refractivity contribution >= 4 is 28.2 Å². The van der Waals surface area contributed by atoms with Gasteiger partial charge in [-0.2, -0.15) is 0 Å². The molecule has 1 fully saturated rings. The molecule has 0 bridgehead atoms. The molecule has 0 aliphatic carbocycles. The van der Waals surface area contributed by atoms with Crippen LogP contribution in [0.3, 0.4) is 0 Å². The van der Waals surface area contributed by atoms with Crippen LogP contribution in [0.2, 0.25) is 0 Å². The molecule has 1 aliphatic rings. The van der Waals surface area contributed by atoms with Crippen molar-refractivity contribution in [2.24, 2.45) is 0 Å². The van der Waals surface area contributed by atoms with Gasteiger partial charge in [-0.3, -0.25) is 9.69 Å². The number of amides is 1. The molecule has 1 N–H and O–H groups in total. The van der Waals surface area contributed by atoms with E-state index in [1.54, 1.807) is 0 Å². The van der Waals surface area contributed by atoms with Crippen molar-refractivity contribution in [2.75, 3.05) is 32.1 Å². The van der Waals surface area contributed by atoms with Gasteiger partial charge >= 0.3 is 5.97 Å². The number of anilines is 1. The van der Waals surface area contributed by atoms with Gasteiger partial charge in [0.2, 0.25) is 5.91 Å². The Labute approximate surface area is 175 Å². The number of rotatable bonds is 5. The highest BCUT2D eigenvalue weighted by atomic mass is 32.1. The Morgan fingerprint density at radius 2 is 1.90 bits per heavy atom. The molecule has 1 saturated heterocycles. The standard InChI is InChI=1S/C22H28N2O4S/c1-13-6-7-17(8-14(13)2)18-12-29-21(20(18)22(26)27-5)23-19(25)11-24-9-15(3)28-16(4)10-24/h6-8,12,15-16H,9-11H2,1-5H3,(H,23,25). The van der Waals surface area contributed by atoms with Gasteiger partial charge in [0.1, 0.15) is 10.6 Å². The van der Waals surface area contributed by atoms with Crippen LogP contribution in [-0.2, 0) is 14.3 Å². The summed E-state index contributed by atoms with van der Waals surface area (Å²) in [6.07, 6.45) is 0.186. The monoisotopic (exact) mass is 416 g/mol. The minimum absolute atomic E-state index is 0.0929. The van der Waals surface area contributed by atoms with Crippen molar-refractivity contribution in [1.29, 1.82) is 0 Å². The van der Waals surface area contributed by atoms with Crippen molar-refractivity contribution in [3.05, 3.63) is 40.3 Å². The molecule has 6 nitrogen and oxygen atoms in total.